The van der Waals surface area contributed by atoms with Crippen LogP contribution in [0.15, 0.2) is 24.3 Å². The lowest BCUT2D eigenvalue weighted by atomic mass is 10.1. The van der Waals surface area contributed by atoms with E-state index >= 15 is 0 Å². The molecule has 0 aliphatic heterocycles. The number of thiocarbonyl (C=S) groups is 1. The summed E-state index contributed by atoms with van der Waals surface area (Å²) in [5, 5.41) is 10.3. The maximum Gasteiger partial charge on any atom is 0.103 e. The standard InChI is InChI=1S/C16H27N3OS/c1-4-19(11-5-10-18(2)3)12-15(20)13-6-8-14(9-7-13)16(17)21/h6-9,15,20H,4-5,10-12H2,1-3H3,(H2,17,21). The zero-order valence-electron chi connectivity index (χ0n) is 13.2. The summed E-state index contributed by atoms with van der Waals surface area (Å²) in [6.07, 6.45) is 0.623. The van der Waals surface area contributed by atoms with E-state index in [2.05, 4.69) is 30.8 Å². The smallest absolute Gasteiger partial charge is 0.103 e. The molecular formula is C16H27N3OS. The second kappa shape index (κ2) is 9.10. The van der Waals surface area contributed by atoms with Crippen LogP contribution in [0.1, 0.15) is 30.6 Å². The van der Waals surface area contributed by atoms with E-state index < -0.39 is 6.10 Å². The molecule has 0 aliphatic rings. The lowest BCUT2D eigenvalue weighted by Crippen LogP contribution is -2.31. The van der Waals surface area contributed by atoms with E-state index in [0.717, 1.165) is 37.2 Å². The van der Waals surface area contributed by atoms with Crippen LogP contribution < -0.4 is 5.73 Å². The summed E-state index contributed by atoms with van der Waals surface area (Å²) in [4.78, 5) is 4.84. The summed E-state index contributed by atoms with van der Waals surface area (Å²) in [5.41, 5.74) is 7.31. The molecule has 1 aromatic carbocycles. The molecule has 1 rings (SSSR count). The van der Waals surface area contributed by atoms with E-state index in [1.54, 1.807) is 0 Å². The van der Waals surface area contributed by atoms with Gasteiger partial charge in [0.05, 0.1) is 6.10 Å². The van der Waals surface area contributed by atoms with Crippen LogP contribution in [0.4, 0.5) is 0 Å². The van der Waals surface area contributed by atoms with Crippen LogP contribution in [-0.4, -0.2) is 60.2 Å². The van der Waals surface area contributed by atoms with E-state index in [1.165, 1.54) is 0 Å². The Bertz CT molecular complexity index is 434. The number of rotatable bonds is 9. The van der Waals surface area contributed by atoms with Crippen molar-refractivity contribution in [2.24, 2.45) is 5.73 Å². The van der Waals surface area contributed by atoms with Gasteiger partial charge < -0.3 is 20.6 Å². The molecule has 3 N–H and O–H groups in total. The lowest BCUT2D eigenvalue weighted by Gasteiger charge is -2.24. The maximum absolute atomic E-state index is 10.3. The zero-order chi connectivity index (χ0) is 15.8. The second-order valence-electron chi connectivity index (χ2n) is 5.55. The SMILES string of the molecule is CCN(CCCN(C)C)CC(O)c1ccc(C(N)=S)cc1. The average Bonchev–Trinajstić information content (AvgIpc) is 2.45. The molecule has 0 amide bonds. The van der Waals surface area contributed by atoms with Gasteiger partial charge in [-0.1, -0.05) is 43.4 Å². The molecule has 1 atom stereocenters. The van der Waals surface area contributed by atoms with E-state index in [-0.39, 0.29) is 0 Å². The number of aliphatic hydroxyl groups is 1. The monoisotopic (exact) mass is 309 g/mol. The molecule has 4 nitrogen and oxygen atoms in total. The first-order valence-electron chi connectivity index (χ1n) is 7.39. The zero-order valence-corrected chi connectivity index (χ0v) is 14.1. The van der Waals surface area contributed by atoms with Gasteiger partial charge in [0.15, 0.2) is 0 Å². The van der Waals surface area contributed by atoms with Gasteiger partial charge in [-0.15, -0.1) is 0 Å². The lowest BCUT2D eigenvalue weighted by molar-refractivity contribution is 0.114. The molecular weight excluding hydrogens is 282 g/mol. The van der Waals surface area contributed by atoms with Gasteiger partial charge in [0.2, 0.25) is 0 Å². The Hall–Kier alpha value is -1.01. The highest BCUT2D eigenvalue weighted by molar-refractivity contribution is 7.80. The van der Waals surface area contributed by atoms with Crippen molar-refractivity contribution in [1.29, 1.82) is 0 Å². The predicted molar refractivity (Wildman–Crippen MR) is 92.6 cm³/mol. The molecule has 118 valence electrons. The molecule has 0 heterocycles. The highest BCUT2D eigenvalue weighted by Crippen LogP contribution is 2.15. The Morgan fingerprint density at radius 2 is 1.86 bits per heavy atom. The molecule has 0 saturated carbocycles. The number of hydrogen-bond donors (Lipinski definition) is 2. The topological polar surface area (TPSA) is 52.7 Å². The Balaban J connectivity index is 2.52. The largest absolute Gasteiger partial charge is 0.389 e. The number of benzene rings is 1. The first kappa shape index (κ1) is 18.0. The summed E-state index contributed by atoms with van der Waals surface area (Å²) in [7, 11) is 4.16. The first-order valence-corrected chi connectivity index (χ1v) is 7.79. The fourth-order valence-electron chi connectivity index (χ4n) is 2.21. The predicted octanol–water partition coefficient (Wildman–Crippen LogP) is 1.63. The van der Waals surface area contributed by atoms with Crippen molar-refractivity contribution in [3.05, 3.63) is 35.4 Å². The van der Waals surface area contributed by atoms with E-state index in [9.17, 15) is 5.11 Å². The third kappa shape index (κ3) is 6.52. The van der Waals surface area contributed by atoms with Gasteiger partial charge in [-0.2, -0.15) is 0 Å². The van der Waals surface area contributed by atoms with Crippen LogP contribution in [-0.2, 0) is 0 Å². The number of likely N-dealkylation sites (N-methyl/N-ethyl adjacent to an activating group) is 1. The Labute approximate surface area is 133 Å². The average molecular weight is 309 g/mol. The molecule has 1 aromatic rings. The van der Waals surface area contributed by atoms with Crippen molar-refractivity contribution in [3.63, 3.8) is 0 Å². The fourth-order valence-corrected chi connectivity index (χ4v) is 2.34. The first-order chi connectivity index (χ1) is 9.93. The van der Waals surface area contributed by atoms with Crippen LogP contribution in [0.2, 0.25) is 0 Å². The maximum atomic E-state index is 10.3. The Morgan fingerprint density at radius 1 is 1.24 bits per heavy atom. The molecule has 1 unspecified atom stereocenters. The molecule has 0 bridgehead atoms. The number of aliphatic hydroxyl groups excluding tert-OH is 1. The highest BCUT2D eigenvalue weighted by atomic mass is 32.1. The minimum absolute atomic E-state index is 0.384. The van der Waals surface area contributed by atoms with Crippen molar-refractivity contribution in [3.8, 4) is 0 Å². The van der Waals surface area contributed by atoms with Gasteiger partial charge in [0, 0.05) is 12.1 Å². The van der Waals surface area contributed by atoms with Crippen molar-refractivity contribution in [1.82, 2.24) is 9.80 Å². The second-order valence-corrected chi connectivity index (χ2v) is 5.99. The highest BCUT2D eigenvalue weighted by Gasteiger charge is 2.12. The van der Waals surface area contributed by atoms with Crippen LogP contribution in [0, 0.1) is 0 Å². The number of hydrogen-bond acceptors (Lipinski definition) is 4. The Morgan fingerprint density at radius 3 is 2.33 bits per heavy atom. The van der Waals surface area contributed by atoms with Gasteiger partial charge in [-0.25, -0.2) is 0 Å². The van der Waals surface area contributed by atoms with Crippen LogP contribution >= 0.6 is 12.2 Å². The van der Waals surface area contributed by atoms with Crippen molar-refractivity contribution < 1.29 is 5.11 Å². The van der Waals surface area contributed by atoms with E-state index in [4.69, 9.17) is 18.0 Å². The third-order valence-electron chi connectivity index (χ3n) is 3.54. The van der Waals surface area contributed by atoms with Gasteiger partial charge >= 0.3 is 0 Å². The molecule has 21 heavy (non-hydrogen) atoms. The van der Waals surface area contributed by atoms with Crippen LogP contribution in [0.25, 0.3) is 0 Å². The normalized spacial score (nSPS) is 12.9. The minimum Gasteiger partial charge on any atom is -0.389 e. The van der Waals surface area contributed by atoms with Crippen molar-refractivity contribution in [2.75, 3.05) is 40.3 Å². The fraction of sp³-hybridized carbons (Fsp3) is 0.562. The van der Waals surface area contributed by atoms with Gasteiger partial charge in [0.1, 0.15) is 4.99 Å². The van der Waals surface area contributed by atoms with Gasteiger partial charge in [-0.05, 0) is 45.7 Å². The number of nitrogens with zero attached hydrogens (tertiary/aromatic N) is 2. The third-order valence-corrected chi connectivity index (χ3v) is 3.77. The van der Waals surface area contributed by atoms with Crippen LogP contribution in [0.3, 0.4) is 0 Å². The summed E-state index contributed by atoms with van der Waals surface area (Å²) >= 11 is 4.93. The summed E-state index contributed by atoms with van der Waals surface area (Å²) < 4.78 is 0. The molecule has 0 saturated heterocycles. The van der Waals surface area contributed by atoms with Gasteiger partial charge in [-0.3, -0.25) is 0 Å². The molecule has 0 aliphatic carbocycles. The summed E-state index contributed by atoms with van der Waals surface area (Å²) in [6.45, 7) is 5.77. The molecule has 5 heteroatoms. The minimum atomic E-state index is -0.482. The molecule has 0 fully saturated rings. The summed E-state index contributed by atoms with van der Waals surface area (Å²) in [5.74, 6) is 0. The quantitative estimate of drug-likeness (QED) is 0.679. The summed E-state index contributed by atoms with van der Waals surface area (Å²) in [6, 6.07) is 7.52. The number of nitrogens with two attached hydrogens (primary N) is 1. The molecule has 0 spiro atoms. The molecule has 0 radical (unpaired) electrons. The van der Waals surface area contributed by atoms with Crippen molar-refractivity contribution >= 4 is 17.2 Å². The molecule has 0 aromatic heterocycles. The van der Waals surface area contributed by atoms with E-state index in [0.29, 0.717) is 11.5 Å². The van der Waals surface area contributed by atoms with Crippen molar-refractivity contribution in [2.45, 2.75) is 19.4 Å². The van der Waals surface area contributed by atoms with E-state index in [1.807, 2.05) is 24.3 Å². The van der Waals surface area contributed by atoms with Crippen LogP contribution in [0.5, 0.6) is 0 Å². The Kier molecular flexibility index (Phi) is 7.82. The van der Waals surface area contributed by atoms with Gasteiger partial charge in [0.25, 0.3) is 0 Å².